The van der Waals surface area contributed by atoms with Crippen molar-refractivity contribution < 1.29 is 17.9 Å². The van der Waals surface area contributed by atoms with Crippen LogP contribution in [0.2, 0.25) is 0 Å². The van der Waals surface area contributed by atoms with Crippen molar-refractivity contribution in [1.82, 2.24) is 4.31 Å². The van der Waals surface area contributed by atoms with Crippen LogP contribution in [0.4, 0.5) is 11.4 Å². The summed E-state index contributed by atoms with van der Waals surface area (Å²) in [7, 11) is -3.72. The predicted molar refractivity (Wildman–Crippen MR) is 126 cm³/mol. The van der Waals surface area contributed by atoms with Gasteiger partial charge in [-0.2, -0.15) is 4.31 Å². The molecule has 2 aliphatic rings. The third kappa shape index (κ3) is 4.98. The minimum Gasteiger partial charge on any atom is -0.373 e. The number of nitrogens with one attached hydrogen (secondary N) is 1. The molecule has 2 aromatic rings. The number of para-hydroxylation sites is 2. The highest BCUT2D eigenvalue weighted by molar-refractivity contribution is 7.89. The summed E-state index contributed by atoms with van der Waals surface area (Å²) in [6.07, 6.45) is 3.16. The lowest BCUT2D eigenvalue weighted by Gasteiger charge is -2.34. The lowest BCUT2D eigenvalue weighted by molar-refractivity contribution is -0.0440. The average Bonchev–Trinajstić information content (AvgIpc) is 2.79. The summed E-state index contributed by atoms with van der Waals surface area (Å²) in [5, 5.41) is 2.99. The van der Waals surface area contributed by atoms with Gasteiger partial charge in [0.2, 0.25) is 10.0 Å². The fraction of sp³-hybridized carbons (Fsp3) is 0.458. The lowest BCUT2D eigenvalue weighted by atomic mass is 10.1. The molecule has 0 aromatic heterocycles. The minimum atomic E-state index is -3.72. The second kappa shape index (κ2) is 9.60. The molecule has 0 radical (unpaired) electrons. The van der Waals surface area contributed by atoms with Crippen LogP contribution >= 0.6 is 0 Å². The second-order valence-electron chi connectivity index (χ2n) is 8.63. The maximum atomic E-state index is 13.2. The van der Waals surface area contributed by atoms with Gasteiger partial charge in [-0.25, -0.2) is 8.42 Å². The molecule has 1 amide bonds. The summed E-state index contributed by atoms with van der Waals surface area (Å²) < 4.78 is 33.5. The van der Waals surface area contributed by atoms with Crippen molar-refractivity contribution in [1.29, 1.82) is 0 Å². The van der Waals surface area contributed by atoms with E-state index in [1.54, 1.807) is 18.2 Å². The molecule has 7 nitrogen and oxygen atoms in total. The van der Waals surface area contributed by atoms with E-state index in [2.05, 4.69) is 10.2 Å². The Hall–Kier alpha value is -2.42. The van der Waals surface area contributed by atoms with Gasteiger partial charge in [-0.3, -0.25) is 4.79 Å². The van der Waals surface area contributed by atoms with Crippen molar-refractivity contribution >= 4 is 27.3 Å². The zero-order valence-electron chi connectivity index (χ0n) is 18.7. The van der Waals surface area contributed by atoms with E-state index in [0.717, 1.165) is 37.3 Å². The molecule has 32 heavy (non-hydrogen) atoms. The number of benzene rings is 2. The molecular formula is C24H31N3O4S. The van der Waals surface area contributed by atoms with Gasteiger partial charge >= 0.3 is 0 Å². The predicted octanol–water partition coefficient (Wildman–Crippen LogP) is 3.73. The first-order valence-corrected chi connectivity index (χ1v) is 12.7. The number of sulfonamides is 1. The van der Waals surface area contributed by atoms with Crippen LogP contribution in [0, 0.1) is 0 Å². The fourth-order valence-electron chi connectivity index (χ4n) is 4.46. The van der Waals surface area contributed by atoms with Gasteiger partial charge in [0.1, 0.15) is 0 Å². The summed E-state index contributed by atoms with van der Waals surface area (Å²) in [6, 6.07) is 14.0. The molecule has 0 aliphatic carbocycles. The molecule has 172 valence electrons. The first-order chi connectivity index (χ1) is 15.3. The Labute approximate surface area is 190 Å². The molecule has 2 fully saturated rings. The normalized spacial score (nSPS) is 22.5. The Kier molecular flexibility index (Phi) is 6.83. The van der Waals surface area contributed by atoms with E-state index in [1.807, 2.05) is 38.1 Å². The number of piperidine rings is 1. The van der Waals surface area contributed by atoms with Crippen molar-refractivity contribution in [2.75, 3.05) is 36.4 Å². The van der Waals surface area contributed by atoms with Crippen molar-refractivity contribution in [2.45, 2.75) is 50.2 Å². The Balaban J connectivity index is 1.55. The Morgan fingerprint density at radius 1 is 0.969 bits per heavy atom. The quantitative estimate of drug-likeness (QED) is 0.740. The van der Waals surface area contributed by atoms with Crippen molar-refractivity contribution in [2.24, 2.45) is 0 Å². The number of carbonyl (C=O) groups is 1. The van der Waals surface area contributed by atoms with E-state index in [-0.39, 0.29) is 23.0 Å². The zero-order valence-corrected chi connectivity index (χ0v) is 19.5. The highest BCUT2D eigenvalue weighted by atomic mass is 32.2. The smallest absolute Gasteiger partial charge is 0.255 e. The number of hydrogen-bond acceptors (Lipinski definition) is 5. The minimum absolute atomic E-state index is 0.121. The van der Waals surface area contributed by atoms with E-state index >= 15 is 0 Å². The van der Waals surface area contributed by atoms with Gasteiger partial charge in [0.25, 0.3) is 5.91 Å². The highest BCUT2D eigenvalue weighted by Gasteiger charge is 2.32. The third-order valence-electron chi connectivity index (χ3n) is 5.97. The van der Waals surface area contributed by atoms with Crippen LogP contribution in [0.5, 0.6) is 0 Å². The fourth-order valence-corrected chi connectivity index (χ4v) is 6.10. The van der Waals surface area contributed by atoms with Crippen LogP contribution in [0.15, 0.2) is 53.4 Å². The van der Waals surface area contributed by atoms with Gasteiger partial charge in [-0.05, 0) is 63.4 Å². The standard InChI is InChI=1S/C24H31N3O4S/c1-18-16-27(17-19(2)31-18)32(29,30)21-10-8-9-20(15-21)24(28)25-22-11-4-5-12-23(22)26-13-6-3-7-14-26/h4-5,8-12,15,18-19H,3,6-7,13-14,16-17H2,1-2H3,(H,25,28)/t18-,19-/m1/s1. The summed E-state index contributed by atoms with van der Waals surface area (Å²) in [4.78, 5) is 15.5. The zero-order chi connectivity index (χ0) is 22.7. The van der Waals surface area contributed by atoms with Crippen LogP contribution in [-0.2, 0) is 14.8 Å². The van der Waals surface area contributed by atoms with Crippen LogP contribution in [0.1, 0.15) is 43.5 Å². The molecule has 2 heterocycles. The number of morpholine rings is 1. The summed E-state index contributed by atoms with van der Waals surface area (Å²) in [5.41, 5.74) is 2.05. The average molecular weight is 458 g/mol. The van der Waals surface area contributed by atoms with E-state index < -0.39 is 10.0 Å². The monoisotopic (exact) mass is 457 g/mol. The number of nitrogens with zero attached hydrogens (tertiary/aromatic N) is 2. The first kappa shape index (κ1) is 22.8. The maximum Gasteiger partial charge on any atom is 0.255 e. The van der Waals surface area contributed by atoms with Gasteiger partial charge < -0.3 is 15.0 Å². The van der Waals surface area contributed by atoms with E-state index in [9.17, 15) is 13.2 Å². The summed E-state index contributed by atoms with van der Waals surface area (Å²) >= 11 is 0. The van der Waals surface area contributed by atoms with Crippen LogP contribution in [0.3, 0.4) is 0 Å². The number of amides is 1. The molecule has 0 spiro atoms. The van der Waals surface area contributed by atoms with Gasteiger partial charge in [0, 0.05) is 31.7 Å². The number of rotatable bonds is 5. The van der Waals surface area contributed by atoms with Crippen LogP contribution < -0.4 is 10.2 Å². The number of ether oxygens (including phenoxy) is 1. The molecule has 0 saturated carbocycles. The van der Waals surface area contributed by atoms with E-state index in [0.29, 0.717) is 18.7 Å². The molecule has 2 atom stereocenters. The molecule has 2 aromatic carbocycles. The molecular weight excluding hydrogens is 426 g/mol. The molecule has 0 bridgehead atoms. The molecule has 2 saturated heterocycles. The third-order valence-corrected chi connectivity index (χ3v) is 7.80. The SMILES string of the molecule is C[C@@H]1CN(S(=O)(=O)c2cccc(C(=O)Nc3ccccc3N3CCCCC3)c2)C[C@@H](C)O1. The van der Waals surface area contributed by atoms with E-state index in [1.165, 1.54) is 16.8 Å². The highest BCUT2D eigenvalue weighted by Crippen LogP contribution is 2.29. The van der Waals surface area contributed by atoms with Gasteiger partial charge in [0.15, 0.2) is 0 Å². The van der Waals surface area contributed by atoms with Crippen LogP contribution in [-0.4, -0.2) is 57.0 Å². The molecule has 8 heteroatoms. The Morgan fingerprint density at radius 2 is 1.66 bits per heavy atom. The maximum absolute atomic E-state index is 13.2. The number of carbonyl (C=O) groups excluding carboxylic acids is 1. The topological polar surface area (TPSA) is 79.0 Å². The van der Waals surface area contributed by atoms with Crippen molar-refractivity contribution in [3.63, 3.8) is 0 Å². The summed E-state index contributed by atoms with van der Waals surface area (Å²) in [5.74, 6) is -0.324. The molecule has 0 unspecified atom stereocenters. The van der Waals surface area contributed by atoms with Gasteiger partial charge in [0.05, 0.1) is 28.5 Å². The Morgan fingerprint density at radius 3 is 2.38 bits per heavy atom. The van der Waals surface area contributed by atoms with Crippen molar-refractivity contribution in [3.05, 3.63) is 54.1 Å². The largest absolute Gasteiger partial charge is 0.373 e. The van der Waals surface area contributed by atoms with Crippen molar-refractivity contribution in [3.8, 4) is 0 Å². The van der Waals surface area contributed by atoms with Crippen LogP contribution in [0.25, 0.3) is 0 Å². The number of hydrogen-bond donors (Lipinski definition) is 1. The molecule has 1 N–H and O–H groups in total. The second-order valence-corrected chi connectivity index (χ2v) is 10.6. The first-order valence-electron chi connectivity index (χ1n) is 11.3. The van der Waals surface area contributed by atoms with Gasteiger partial charge in [-0.15, -0.1) is 0 Å². The molecule has 2 aliphatic heterocycles. The van der Waals surface area contributed by atoms with E-state index in [4.69, 9.17) is 4.74 Å². The Bertz CT molecular complexity index is 1060. The lowest BCUT2D eigenvalue weighted by Crippen LogP contribution is -2.48. The number of anilines is 2. The van der Waals surface area contributed by atoms with Gasteiger partial charge in [-0.1, -0.05) is 18.2 Å². The molecule has 4 rings (SSSR count). The summed E-state index contributed by atoms with van der Waals surface area (Å²) in [6.45, 7) is 6.26.